The van der Waals surface area contributed by atoms with Crippen molar-refractivity contribution in [3.8, 4) is 0 Å². The summed E-state index contributed by atoms with van der Waals surface area (Å²) in [5.41, 5.74) is 8.43. The molecule has 0 aromatic heterocycles. The third-order valence-electron chi connectivity index (χ3n) is 1.67. The fourth-order valence-corrected chi connectivity index (χ4v) is 0.970. The minimum absolute atomic E-state index is 0.0110. The van der Waals surface area contributed by atoms with E-state index in [-0.39, 0.29) is 5.11 Å². The van der Waals surface area contributed by atoms with Crippen molar-refractivity contribution in [1.29, 1.82) is 0 Å². The molecule has 15 heavy (non-hydrogen) atoms. The quantitative estimate of drug-likeness (QED) is 0.459. The third-order valence-corrected chi connectivity index (χ3v) is 1.76. The first-order chi connectivity index (χ1) is 7.00. The highest BCUT2D eigenvalue weighted by Crippen LogP contribution is 2.09. The van der Waals surface area contributed by atoms with Crippen molar-refractivity contribution >= 4 is 23.0 Å². The van der Waals surface area contributed by atoms with Gasteiger partial charge in [0, 0.05) is 5.56 Å². The highest BCUT2D eigenvalue weighted by atomic mass is 32.1. The minimum Gasteiger partial charge on any atom is -0.375 e. The largest absolute Gasteiger partial charge is 0.375 e. The molecule has 1 aromatic carbocycles. The number of nitrogens with zero attached hydrogens (tertiary/aromatic N) is 1. The lowest BCUT2D eigenvalue weighted by Crippen LogP contribution is -2.25. The van der Waals surface area contributed by atoms with Gasteiger partial charge in [-0.1, -0.05) is 0 Å². The molecule has 1 rings (SSSR count). The number of hydrogen-bond acceptors (Lipinski definition) is 2. The zero-order valence-corrected chi connectivity index (χ0v) is 8.74. The van der Waals surface area contributed by atoms with Crippen molar-refractivity contribution in [3.63, 3.8) is 0 Å². The van der Waals surface area contributed by atoms with Crippen LogP contribution in [-0.4, -0.2) is 10.8 Å². The highest BCUT2D eigenvalue weighted by molar-refractivity contribution is 7.80. The van der Waals surface area contributed by atoms with Crippen LogP contribution in [0.5, 0.6) is 0 Å². The molecule has 0 bridgehead atoms. The summed E-state index contributed by atoms with van der Waals surface area (Å²) < 4.78 is 25.4. The molecule has 0 saturated carbocycles. The number of nitrogens with two attached hydrogens (primary N) is 1. The Balaban J connectivity index is 2.91. The number of halogens is 2. The molecule has 6 heteroatoms. The Kier molecular flexibility index (Phi) is 3.68. The van der Waals surface area contributed by atoms with E-state index in [2.05, 4.69) is 22.7 Å². The van der Waals surface area contributed by atoms with Crippen LogP contribution in [0.4, 0.5) is 8.78 Å². The number of rotatable bonds is 2. The normalized spacial score (nSPS) is 11.3. The predicted octanol–water partition coefficient (Wildman–Crippen LogP) is 1.52. The molecule has 0 spiro atoms. The Hall–Kier alpha value is -1.56. The van der Waals surface area contributed by atoms with Gasteiger partial charge in [-0.05, 0) is 37.3 Å². The van der Waals surface area contributed by atoms with E-state index in [4.69, 9.17) is 5.73 Å². The van der Waals surface area contributed by atoms with Crippen LogP contribution in [0.1, 0.15) is 12.5 Å². The van der Waals surface area contributed by atoms with Gasteiger partial charge < -0.3 is 5.73 Å². The number of hydrazone groups is 1. The Morgan fingerprint density at radius 3 is 2.60 bits per heavy atom. The molecule has 0 heterocycles. The van der Waals surface area contributed by atoms with Gasteiger partial charge in [-0.2, -0.15) is 5.10 Å². The summed E-state index contributed by atoms with van der Waals surface area (Å²) in [4.78, 5) is 0. The van der Waals surface area contributed by atoms with Gasteiger partial charge in [-0.25, -0.2) is 8.78 Å². The van der Waals surface area contributed by atoms with E-state index < -0.39 is 11.6 Å². The molecular formula is C9H9F2N3S. The van der Waals surface area contributed by atoms with Crippen molar-refractivity contribution < 1.29 is 8.78 Å². The van der Waals surface area contributed by atoms with Crippen molar-refractivity contribution in [2.45, 2.75) is 6.92 Å². The molecule has 0 amide bonds. The highest BCUT2D eigenvalue weighted by Gasteiger charge is 2.04. The molecule has 0 saturated heterocycles. The molecule has 80 valence electrons. The molecule has 1 aromatic rings. The topological polar surface area (TPSA) is 50.4 Å². The van der Waals surface area contributed by atoms with E-state index in [9.17, 15) is 8.78 Å². The summed E-state index contributed by atoms with van der Waals surface area (Å²) >= 11 is 4.54. The number of thiocarbonyl (C=S) groups is 1. The third kappa shape index (κ3) is 3.25. The first-order valence-corrected chi connectivity index (χ1v) is 4.46. The first-order valence-electron chi connectivity index (χ1n) is 4.06. The van der Waals surface area contributed by atoms with Gasteiger partial charge in [-0.3, -0.25) is 5.43 Å². The van der Waals surface area contributed by atoms with Gasteiger partial charge in [0.15, 0.2) is 16.7 Å². The van der Waals surface area contributed by atoms with Crippen LogP contribution >= 0.6 is 12.2 Å². The smallest absolute Gasteiger partial charge is 0.184 e. The average molecular weight is 229 g/mol. The average Bonchev–Trinajstić information content (AvgIpc) is 2.18. The molecule has 0 aliphatic heterocycles. The Morgan fingerprint density at radius 1 is 1.40 bits per heavy atom. The van der Waals surface area contributed by atoms with Crippen LogP contribution in [0.15, 0.2) is 23.3 Å². The van der Waals surface area contributed by atoms with Crippen LogP contribution in [-0.2, 0) is 0 Å². The van der Waals surface area contributed by atoms with Gasteiger partial charge in [0.25, 0.3) is 0 Å². The Morgan fingerprint density at radius 2 is 2.07 bits per heavy atom. The van der Waals surface area contributed by atoms with E-state index in [0.717, 1.165) is 12.1 Å². The standard InChI is InChI=1S/C9H9F2N3S/c1-5(13-14-9(12)15)6-2-3-7(10)8(11)4-6/h2-4H,1H3,(H3,12,14,15). The molecule has 0 atom stereocenters. The van der Waals surface area contributed by atoms with Crippen LogP contribution in [0, 0.1) is 11.6 Å². The van der Waals surface area contributed by atoms with Crippen LogP contribution in [0.2, 0.25) is 0 Å². The van der Waals surface area contributed by atoms with Gasteiger partial charge >= 0.3 is 0 Å². The van der Waals surface area contributed by atoms with E-state index >= 15 is 0 Å². The maximum atomic E-state index is 12.8. The van der Waals surface area contributed by atoms with E-state index in [1.807, 2.05) is 0 Å². The minimum atomic E-state index is -0.919. The summed E-state index contributed by atoms with van der Waals surface area (Å²) in [6.45, 7) is 1.62. The summed E-state index contributed by atoms with van der Waals surface area (Å²) in [7, 11) is 0. The summed E-state index contributed by atoms with van der Waals surface area (Å²) in [5, 5.41) is 3.79. The van der Waals surface area contributed by atoms with Crippen LogP contribution in [0.3, 0.4) is 0 Å². The molecular weight excluding hydrogens is 220 g/mol. The molecule has 0 fully saturated rings. The van der Waals surface area contributed by atoms with Crippen LogP contribution < -0.4 is 11.2 Å². The SMILES string of the molecule is CC(=NNC(N)=S)c1ccc(F)c(F)c1. The van der Waals surface area contributed by atoms with E-state index in [1.165, 1.54) is 6.07 Å². The molecule has 0 aliphatic rings. The maximum absolute atomic E-state index is 12.8. The zero-order valence-electron chi connectivity index (χ0n) is 7.92. The predicted molar refractivity (Wildman–Crippen MR) is 58.5 cm³/mol. The van der Waals surface area contributed by atoms with E-state index in [1.54, 1.807) is 6.92 Å². The molecule has 0 radical (unpaired) electrons. The van der Waals surface area contributed by atoms with E-state index in [0.29, 0.717) is 11.3 Å². The zero-order chi connectivity index (χ0) is 11.4. The second-order valence-electron chi connectivity index (χ2n) is 2.80. The molecule has 0 aliphatic carbocycles. The lowest BCUT2D eigenvalue weighted by Gasteiger charge is -2.02. The molecule has 0 unspecified atom stereocenters. The second kappa shape index (κ2) is 4.79. The number of hydrogen-bond donors (Lipinski definition) is 2. The maximum Gasteiger partial charge on any atom is 0.184 e. The first kappa shape index (κ1) is 11.5. The lowest BCUT2D eigenvalue weighted by molar-refractivity contribution is 0.508. The van der Waals surface area contributed by atoms with Gasteiger partial charge in [-0.15, -0.1) is 0 Å². The van der Waals surface area contributed by atoms with Crippen molar-refractivity contribution in [2.24, 2.45) is 10.8 Å². The Labute approximate surface area is 91.0 Å². The fraction of sp³-hybridized carbons (Fsp3) is 0.111. The summed E-state index contributed by atoms with van der Waals surface area (Å²) in [6, 6.07) is 3.50. The van der Waals surface area contributed by atoms with Crippen molar-refractivity contribution in [1.82, 2.24) is 5.43 Å². The summed E-state index contributed by atoms with van der Waals surface area (Å²) in [6.07, 6.45) is 0. The fourth-order valence-electron chi connectivity index (χ4n) is 0.925. The monoisotopic (exact) mass is 229 g/mol. The number of benzene rings is 1. The molecule has 3 N–H and O–H groups in total. The molecule has 3 nitrogen and oxygen atoms in total. The van der Waals surface area contributed by atoms with Crippen molar-refractivity contribution in [3.05, 3.63) is 35.4 Å². The summed E-state index contributed by atoms with van der Waals surface area (Å²) in [5.74, 6) is -1.81. The van der Waals surface area contributed by atoms with Crippen molar-refractivity contribution in [2.75, 3.05) is 0 Å². The Bertz CT molecular complexity index is 418. The van der Waals surface area contributed by atoms with Crippen LogP contribution in [0.25, 0.3) is 0 Å². The van der Waals surface area contributed by atoms with Gasteiger partial charge in [0.05, 0.1) is 5.71 Å². The second-order valence-corrected chi connectivity index (χ2v) is 3.24. The lowest BCUT2D eigenvalue weighted by atomic mass is 10.1. The van der Waals surface area contributed by atoms with Gasteiger partial charge in [0.1, 0.15) is 0 Å². The van der Waals surface area contributed by atoms with Gasteiger partial charge in [0.2, 0.25) is 0 Å². The number of nitrogens with one attached hydrogen (secondary N) is 1.